The molecule has 1 atom stereocenters. The molecule has 0 fully saturated rings. The summed E-state index contributed by atoms with van der Waals surface area (Å²) in [5.74, 6) is 0. The van der Waals surface area contributed by atoms with Crippen LogP contribution in [0.2, 0.25) is 0 Å². The molecule has 1 unspecified atom stereocenters. The third-order valence-corrected chi connectivity index (χ3v) is 3.15. The number of nitrogens with one attached hydrogen (secondary N) is 1. The van der Waals surface area contributed by atoms with Crippen molar-refractivity contribution in [3.05, 3.63) is 48.3 Å². The lowest BCUT2D eigenvalue weighted by Crippen LogP contribution is -2.33. The molecule has 0 radical (unpaired) electrons. The number of carbonyl (C=O) groups is 1. The zero-order chi connectivity index (χ0) is 12.5. The van der Waals surface area contributed by atoms with Crippen LogP contribution in [0.5, 0.6) is 0 Å². The maximum Gasteiger partial charge on any atom is 0.163 e. The van der Waals surface area contributed by atoms with E-state index in [1.165, 1.54) is 0 Å². The maximum absolute atomic E-state index is 11.2. The average molecular weight is 239 g/mol. The number of aromatic nitrogens is 1. The molecule has 1 aliphatic rings. The first-order valence-electron chi connectivity index (χ1n) is 5.82. The lowest BCUT2D eigenvalue weighted by atomic mass is 10.2. The van der Waals surface area contributed by atoms with E-state index in [0.717, 1.165) is 28.9 Å². The number of rotatable bonds is 2. The van der Waals surface area contributed by atoms with Crippen LogP contribution in [0.1, 0.15) is 5.56 Å². The first-order chi connectivity index (χ1) is 8.81. The van der Waals surface area contributed by atoms with Gasteiger partial charge < -0.3 is 10.2 Å². The normalized spacial score (nSPS) is 17.2. The van der Waals surface area contributed by atoms with E-state index in [0.29, 0.717) is 0 Å². The summed E-state index contributed by atoms with van der Waals surface area (Å²) in [6, 6.07) is 9.83. The Balaban J connectivity index is 2.15. The minimum absolute atomic E-state index is 0.370. The Bertz CT molecular complexity index is 597. The Morgan fingerprint density at radius 2 is 2.11 bits per heavy atom. The summed E-state index contributed by atoms with van der Waals surface area (Å²) in [6.07, 6.45) is 4.08. The summed E-state index contributed by atoms with van der Waals surface area (Å²) >= 11 is 0. The quantitative estimate of drug-likeness (QED) is 0.818. The van der Waals surface area contributed by atoms with Gasteiger partial charge in [0.05, 0.1) is 23.3 Å². The molecule has 3 rings (SSSR count). The highest BCUT2D eigenvalue weighted by Crippen LogP contribution is 2.39. The van der Waals surface area contributed by atoms with E-state index >= 15 is 0 Å². The van der Waals surface area contributed by atoms with Crippen LogP contribution in [0, 0.1) is 6.92 Å². The molecule has 18 heavy (non-hydrogen) atoms. The molecular weight excluding hydrogens is 226 g/mol. The van der Waals surface area contributed by atoms with Gasteiger partial charge in [0.2, 0.25) is 0 Å². The Morgan fingerprint density at radius 1 is 1.28 bits per heavy atom. The van der Waals surface area contributed by atoms with E-state index in [1.807, 2.05) is 42.2 Å². The van der Waals surface area contributed by atoms with Gasteiger partial charge in [-0.15, -0.1) is 0 Å². The van der Waals surface area contributed by atoms with Gasteiger partial charge in [0.1, 0.15) is 0 Å². The van der Waals surface area contributed by atoms with Crippen LogP contribution in [0.4, 0.5) is 17.1 Å². The number of aryl methyl sites for hydroxylation is 1. The van der Waals surface area contributed by atoms with Gasteiger partial charge in [-0.2, -0.15) is 0 Å². The van der Waals surface area contributed by atoms with Crippen molar-refractivity contribution in [3.63, 3.8) is 0 Å². The summed E-state index contributed by atoms with van der Waals surface area (Å²) in [6.45, 7) is 2.01. The molecule has 0 amide bonds. The van der Waals surface area contributed by atoms with Crippen molar-refractivity contribution in [1.82, 2.24) is 4.98 Å². The van der Waals surface area contributed by atoms with Crippen LogP contribution in [0.25, 0.3) is 0 Å². The van der Waals surface area contributed by atoms with Crippen LogP contribution in [0.3, 0.4) is 0 Å². The van der Waals surface area contributed by atoms with E-state index in [9.17, 15) is 4.79 Å². The van der Waals surface area contributed by atoms with Gasteiger partial charge >= 0.3 is 0 Å². The van der Waals surface area contributed by atoms with Crippen LogP contribution in [-0.4, -0.2) is 17.4 Å². The van der Waals surface area contributed by atoms with Crippen molar-refractivity contribution in [2.75, 3.05) is 10.2 Å². The fourth-order valence-electron chi connectivity index (χ4n) is 2.26. The monoisotopic (exact) mass is 239 g/mol. The second-order valence-corrected chi connectivity index (χ2v) is 4.27. The zero-order valence-electron chi connectivity index (χ0n) is 10.00. The van der Waals surface area contributed by atoms with E-state index in [2.05, 4.69) is 10.3 Å². The molecule has 0 aliphatic carbocycles. The van der Waals surface area contributed by atoms with E-state index in [1.54, 1.807) is 12.4 Å². The molecule has 1 aromatic heterocycles. The predicted octanol–water partition coefficient (Wildman–Crippen LogP) is 2.48. The number of para-hydroxylation sites is 2. The summed E-state index contributed by atoms with van der Waals surface area (Å²) in [5, 5.41) is 3.19. The smallest absolute Gasteiger partial charge is 0.163 e. The van der Waals surface area contributed by atoms with Crippen LogP contribution >= 0.6 is 0 Å². The van der Waals surface area contributed by atoms with Crippen molar-refractivity contribution < 1.29 is 4.79 Å². The molecule has 90 valence electrons. The SMILES string of the molecule is Cc1ccncc1N1c2ccccc2NC1C=O. The lowest BCUT2D eigenvalue weighted by molar-refractivity contribution is -0.108. The van der Waals surface area contributed by atoms with Gasteiger partial charge in [0, 0.05) is 6.20 Å². The van der Waals surface area contributed by atoms with E-state index < -0.39 is 0 Å². The number of benzene rings is 1. The highest BCUT2D eigenvalue weighted by atomic mass is 16.1. The summed E-state index contributed by atoms with van der Waals surface area (Å²) in [7, 11) is 0. The minimum Gasteiger partial charge on any atom is -0.357 e. The third kappa shape index (κ3) is 1.54. The highest BCUT2D eigenvalue weighted by molar-refractivity contribution is 5.90. The number of fused-ring (bicyclic) bond motifs is 1. The Kier molecular flexibility index (Phi) is 2.48. The number of anilines is 3. The number of aldehydes is 1. The predicted molar refractivity (Wildman–Crippen MR) is 71.0 cm³/mol. The summed E-state index contributed by atoms with van der Waals surface area (Å²) < 4.78 is 0. The molecule has 0 saturated heterocycles. The first kappa shape index (κ1) is 10.8. The number of pyridine rings is 1. The molecule has 1 N–H and O–H groups in total. The molecule has 0 saturated carbocycles. The van der Waals surface area contributed by atoms with Crippen LogP contribution in [0.15, 0.2) is 42.7 Å². The van der Waals surface area contributed by atoms with Crippen molar-refractivity contribution in [2.24, 2.45) is 0 Å². The Hall–Kier alpha value is -2.36. The molecule has 0 spiro atoms. The van der Waals surface area contributed by atoms with Crippen molar-refractivity contribution >= 4 is 23.3 Å². The summed E-state index contributed by atoms with van der Waals surface area (Å²) in [4.78, 5) is 17.4. The number of hydrogen-bond donors (Lipinski definition) is 1. The van der Waals surface area contributed by atoms with Crippen LogP contribution < -0.4 is 10.2 Å². The largest absolute Gasteiger partial charge is 0.357 e. The second kappa shape index (κ2) is 4.14. The summed E-state index contributed by atoms with van der Waals surface area (Å²) in [5.41, 5.74) is 4.02. The van der Waals surface area contributed by atoms with Crippen molar-refractivity contribution in [3.8, 4) is 0 Å². The molecule has 4 nitrogen and oxygen atoms in total. The van der Waals surface area contributed by atoms with E-state index in [4.69, 9.17) is 0 Å². The number of hydrogen-bond acceptors (Lipinski definition) is 4. The second-order valence-electron chi connectivity index (χ2n) is 4.27. The average Bonchev–Trinajstić information content (AvgIpc) is 2.78. The topological polar surface area (TPSA) is 45.2 Å². The standard InChI is InChI=1S/C14H13N3O/c1-10-6-7-15-8-13(10)17-12-5-3-2-4-11(12)16-14(17)9-18/h2-9,14,16H,1H3. The molecule has 1 aromatic carbocycles. The van der Waals surface area contributed by atoms with Crippen molar-refractivity contribution in [1.29, 1.82) is 0 Å². The fourth-order valence-corrected chi connectivity index (χ4v) is 2.26. The number of carbonyl (C=O) groups excluding carboxylic acids is 1. The molecule has 0 bridgehead atoms. The van der Waals surface area contributed by atoms with Gasteiger partial charge in [-0.25, -0.2) is 0 Å². The lowest BCUT2D eigenvalue weighted by Gasteiger charge is -2.24. The Morgan fingerprint density at radius 3 is 2.89 bits per heavy atom. The molecule has 2 heterocycles. The molecule has 1 aliphatic heterocycles. The first-order valence-corrected chi connectivity index (χ1v) is 5.82. The molecule has 2 aromatic rings. The Labute approximate surface area is 105 Å². The van der Waals surface area contributed by atoms with Gasteiger partial charge in [0.25, 0.3) is 0 Å². The minimum atomic E-state index is -0.370. The zero-order valence-corrected chi connectivity index (χ0v) is 10.00. The van der Waals surface area contributed by atoms with Crippen LogP contribution in [-0.2, 0) is 4.79 Å². The van der Waals surface area contributed by atoms with Gasteiger partial charge in [-0.05, 0) is 30.7 Å². The third-order valence-electron chi connectivity index (χ3n) is 3.15. The van der Waals surface area contributed by atoms with Gasteiger partial charge in [-0.3, -0.25) is 9.78 Å². The van der Waals surface area contributed by atoms with Crippen molar-refractivity contribution in [2.45, 2.75) is 13.1 Å². The fraction of sp³-hybridized carbons (Fsp3) is 0.143. The highest BCUT2D eigenvalue weighted by Gasteiger charge is 2.29. The van der Waals surface area contributed by atoms with Gasteiger partial charge in [0.15, 0.2) is 12.5 Å². The maximum atomic E-state index is 11.2. The molecular formula is C14H13N3O. The number of nitrogens with zero attached hydrogens (tertiary/aromatic N) is 2. The van der Waals surface area contributed by atoms with E-state index in [-0.39, 0.29) is 6.17 Å². The van der Waals surface area contributed by atoms with Gasteiger partial charge in [-0.1, -0.05) is 12.1 Å². The molecule has 4 heteroatoms.